The highest BCUT2D eigenvalue weighted by molar-refractivity contribution is 5.93. The summed E-state index contributed by atoms with van der Waals surface area (Å²) in [4.78, 5) is 12.0. The van der Waals surface area contributed by atoms with E-state index >= 15 is 0 Å². The first-order valence-corrected chi connectivity index (χ1v) is 6.93. The Bertz CT molecular complexity index is 684. The summed E-state index contributed by atoms with van der Waals surface area (Å²) in [6.45, 7) is 3.89. The first-order chi connectivity index (χ1) is 10.5. The van der Waals surface area contributed by atoms with Crippen LogP contribution in [0.1, 0.15) is 11.1 Å². The van der Waals surface area contributed by atoms with E-state index in [1.165, 1.54) is 7.11 Å². The highest BCUT2D eigenvalue weighted by Gasteiger charge is 2.10. The number of nitrogens with one attached hydrogen (secondary N) is 1. The van der Waals surface area contributed by atoms with Gasteiger partial charge in [0.15, 0.2) is 6.61 Å². The fourth-order valence-electron chi connectivity index (χ4n) is 2.02. The number of hydrogen-bond donors (Lipinski definition) is 2. The van der Waals surface area contributed by atoms with Gasteiger partial charge in [0.2, 0.25) is 0 Å². The molecule has 0 aliphatic heterocycles. The molecule has 2 aromatic rings. The van der Waals surface area contributed by atoms with Crippen LogP contribution >= 0.6 is 0 Å². The van der Waals surface area contributed by atoms with Crippen LogP contribution in [-0.4, -0.2) is 19.6 Å². The van der Waals surface area contributed by atoms with Gasteiger partial charge in [0.05, 0.1) is 12.8 Å². The van der Waals surface area contributed by atoms with E-state index in [0.717, 1.165) is 11.1 Å². The number of carbonyl (C=O) groups excluding carboxylic acids is 1. The lowest BCUT2D eigenvalue weighted by atomic mass is 10.1. The Morgan fingerprint density at radius 2 is 1.95 bits per heavy atom. The number of carbonyl (C=O) groups is 1. The lowest BCUT2D eigenvalue weighted by molar-refractivity contribution is -0.118. The van der Waals surface area contributed by atoms with E-state index in [1.54, 1.807) is 18.2 Å². The molecule has 5 nitrogen and oxygen atoms in total. The average Bonchev–Trinajstić information content (AvgIpc) is 2.50. The van der Waals surface area contributed by atoms with Crippen LogP contribution in [0.5, 0.6) is 11.5 Å². The molecule has 1 amide bonds. The van der Waals surface area contributed by atoms with E-state index in [0.29, 0.717) is 22.9 Å². The number of nitrogen functional groups attached to an aromatic ring is 1. The molecule has 0 heterocycles. The second-order valence-corrected chi connectivity index (χ2v) is 4.99. The fraction of sp³-hybridized carbons (Fsp3) is 0.235. The maximum Gasteiger partial charge on any atom is 0.262 e. The van der Waals surface area contributed by atoms with E-state index in [2.05, 4.69) is 5.32 Å². The molecule has 5 heteroatoms. The Morgan fingerprint density at radius 3 is 2.68 bits per heavy atom. The van der Waals surface area contributed by atoms with E-state index < -0.39 is 0 Å². The maximum atomic E-state index is 12.0. The van der Waals surface area contributed by atoms with Gasteiger partial charge in [-0.3, -0.25) is 4.79 Å². The van der Waals surface area contributed by atoms with E-state index in [4.69, 9.17) is 15.2 Å². The van der Waals surface area contributed by atoms with Crippen LogP contribution < -0.4 is 20.5 Å². The van der Waals surface area contributed by atoms with Gasteiger partial charge in [-0.1, -0.05) is 12.1 Å². The molecule has 0 saturated carbocycles. The van der Waals surface area contributed by atoms with Crippen LogP contribution in [0.2, 0.25) is 0 Å². The number of anilines is 2. The molecule has 0 aliphatic carbocycles. The molecule has 0 fully saturated rings. The van der Waals surface area contributed by atoms with E-state index in [9.17, 15) is 4.79 Å². The summed E-state index contributed by atoms with van der Waals surface area (Å²) in [7, 11) is 1.52. The smallest absolute Gasteiger partial charge is 0.262 e. The van der Waals surface area contributed by atoms with Crippen molar-refractivity contribution in [3.63, 3.8) is 0 Å². The minimum Gasteiger partial charge on any atom is -0.494 e. The van der Waals surface area contributed by atoms with Crippen molar-refractivity contribution in [3.05, 3.63) is 47.5 Å². The third kappa shape index (κ3) is 3.69. The lowest BCUT2D eigenvalue weighted by Crippen LogP contribution is -2.20. The second kappa shape index (κ2) is 6.85. The first-order valence-electron chi connectivity index (χ1n) is 6.93. The SMILES string of the molecule is COc1cc(N)ccc1NC(=O)COc1cccc(C)c1C. The first kappa shape index (κ1) is 15.7. The van der Waals surface area contributed by atoms with Crippen LogP contribution in [0.3, 0.4) is 0 Å². The predicted octanol–water partition coefficient (Wildman–Crippen LogP) is 2.91. The normalized spacial score (nSPS) is 10.1. The van der Waals surface area contributed by atoms with Crippen LogP contribution in [-0.2, 0) is 4.79 Å². The summed E-state index contributed by atoms with van der Waals surface area (Å²) in [5.41, 5.74) is 8.97. The Balaban J connectivity index is 2.00. The molecule has 0 bridgehead atoms. The molecule has 0 atom stereocenters. The second-order valence-electron chi connectivity index (χ2n) is 4.99. The van der Waals surface area contributed by atoms with Crippen molar-refractivity contribution < 1.29 is 14.3 Å². The summed E-state index contributed by atoms with van der Waals surface area (Å²) in [5, 5.41) is 2.75. The molecule has 2 rings (SSSR count). The molecule has 2 aromatic carbocycles. The summed E-state index contributed by atoms with van der Waals surface area (Å²) < 4.78 is 10.8. The molecule has 0 radical (unpaired) electrons. The predicted molar refractivity (Wildman–Crippen MR) is 87.4 cm³/mol. The Hall–Kier alpha value is -2.69. The maximum absolute atomic E-state index is 12.0. The molecule has 0 saturated heterocycles. The van der Waals surface area contributed by atoms with Crippen molar-refractivity contribution in [2.75, 3.05) is 24.8 Å². The summed E-state index contributed by atoms with van der Waals surface area (Å²) in [5.74, 6) is 0.962. The van der Waals surface area contributed by atoms with Crippen molar-refractivity contribution in [1.82, 2.24) is 0 Å². The molecule has 0 unspecified atom stereocenters. The Labute approximate surface area is 130 Å². The quantitative estimate of drug-likeness (QED) is 0.833. The minimum atomic E-state index is -0.260. The third-order valence-electron chi connectivity index (χ3n) is 3.41. The molecular formula is C17H20N2O3. The van der Waals surface area contributed by atoms with Gasteiger partial charge in [-0.05, 0) is 43.2 Å². The van der Waals surface area contributed by atoms with Gasteiger partial charge in [0, 0.05) is 11.8 Å². The van der Waals surface area contributed by atoms with Crippen molar-refractivity contribution in [2.24, 2.45) is 0 Å². The van der Waals surface area contributed by atoms with Crippen molar-refractivity contribution in [2.45, 2.75) is 13.8 Å². The van der Waals surface area contributed by atoms with E-state index in [-0.39, 0.29) is 12.5 Å². The van der Waals surface area contributed by atoms with Crippen LogP contribution in [0.25, 0.3) is 0 Å². The molecule has 22 heavy (non-hydrogen) atoms. The number of rotatable bonds is 5. The minimum absolute atomic E-state index is 0.0716. The molecule has 0 spiro atoms. The third-order valence-corrected chi connectivity index (χ3v) is 3.41. The zero-order valence-electron chi connectivity index (χ0n) is 13.0. The zero-order chi connectivity index (χ0) is 16.1. The molecule has 116 valence electrons. The number of nitrogens with two attached hydrogens (primary N) is 1. The number of aryl methyl sites for hydroxylation is 1. The van der Waals surface area contributed by atoms with Crippen molar-refractivity contribution in [3.8, 4) is 11.5 Å². The van der Waals surface area contributed by atoms with Gasteiger partial charge in [0.25, 0.3) is 5.91 Å². The standard InChI is InChI=1S/C17H20N2O3/c1-11-5-4-6-15(12(11)2)22-10-17(20)19-14-8-7-13(18)9-16(14)21-3/h4-9H,10,18H2,1-3H3,(H,19,20). The number of amides is 1. The van der Waals surface area contributed by atoms with Gasteiger partial charge in [0.1, 0.15) is 11.5 Å². The summed E-state index contributed by atoms with van der Waals surface area (Å²) in [6, 6.07) is 10.8. The molecule has 0 aromatic heterocycles. The van der Waals surface area contributed by atoms with Crippen LogP contribution in [0.15, 0.2) is 36.4 Å². The van der Waals surface area contributed by atoms with Gasteiger partial charge in [-0.25, -0.2) is 0 Å². The summed E-state index contributed by atoms with van der Waals surface area (Å²) >= 11 is 0. The van der Waals surface area contributed by atoms with Gasteiger partial charge < -0.3 is 20.5 Å². The van der Waals surface area contributed by atoms with Crippen molar-refractivity contribution in [1.29, 1.82) is 0 Å². The van der Waals surface area contributed by atoms with E-state index in [1.807, 2.05) is 32.0 Å². The van der Waals surface area contributed by atoms with Crippen LogP contribution in [0.4, 0.5) is 11.4 Å². The zero-order valence-corrected chi connectivity index (χ0v) is 13.0. The molecule has 0 aliphatic rings. The number of hydrogen-bond acceptors (Lipinski definition) is 4. The lowest BCUT2D eigenvalue weighted by Gasteiger charge is -2.13. The highest BCUT2D eigenvalue weighted by atomic mass is 16.5. The topological polar surface area (TPSA) is 73.6 Å². The Kier molecular flexibility index (Phi) is 4.88. The number of benzene rings is 2. The Morgan fingerprint density at radius 1 is 1.18 bits per heavy atom. The van der Waals surface area contributed by atoms with Crippen molar-refractivity contribution >= 4 is 17.3 Å². The average molecular weight is 300 g/mol. The van der Waals surface area contributed by atoms with Crippen LogP contribution in [0, 0.1) is 13.8 Å². The number of methoxy groups -OCH3 is 1. The van der Waals surface area contributed by atoms with Gasteiger partial charge in [-0.15, -0.1) is 0 Å². The summed E-state index contributed by atoms with van der Waals surface area (Å²) in [6.07, 6.45) is 0. The monoisotopic (exact) mass is 300 g/mol. The fourth-order valence-corrected chi connectivity index (χ4v) is 2.02. The molecular weight excluding hydrogens is 280 g/mol. The number of ether oxygens (including phenoxy) is 2. The van der Waals surface area contributed by atoms with Gasteiger partial charge >= 0.3 is 0 Å². The molecule has 3 N–H and O–H groups in total. The largest absolute Gasteiger partial charge is 0.494 e. The van der Waals surface area contributed by atoms with Gasteiger partial charge in [-0.2, -0.15) is 0 Å². The highest BCUT2D eigenvalue weighted by Crippen LogP contribution is 2.26.